The molecule has 0 saturated heterocycles. The van der Waals surface area contributed by atoms with Crippen LogP contribution in [0.4, 0.5) is 0 Å². The third-order valence-corrected chi connectivity index (χ3v) is 3.76. The molecule has 0 unspecified atom stereocenters. The molecule has 0 heterocycles. The maximum Gasteiger partial charge on any atom is 0.224 e. The van der Waals surface area contributed by atoms with E-state index >= 15 is 0 Å². The van der Waals surface area contributed by atoms with Crippen molar-refractivity contribution in [1.82, 2.24) is 5.32 Å². The molecular weight excluding hydrogens is 288 g/mol. The van der Waals surface area contributed by atoms with Crippen LogP contribution in [0.5, 0.6) is 11.5 Å². The first-order valence-corrected chi connectivity index (χ1v) is 6.98. The van der Waals surface area contributed by atoms with Gasteiger partial charge >= 0.3 is 0 Å². The zero-order chi connectivity index (χ0) is 16.0. The molecule has 6 heteroatoms. The quantitative estimate of drug-likeness (QED) is 0.750. The Balaban J connectivity index is 2.65. The zero-order valence-corrected chi connectivity index (χ0v) is 13.7. The van der Waals surface area contributed by atoms with Crippen LogP contribution in [-0.2, 0) is 11.2 Å². The number of hydrogen-bond donors (Lipinski definition) is 2. The molecule has 1 aromatic carbocycles. The van der Waals surface area contributed by atoms with E-state index in [-0.39, 0.29) is 12.3 Å². The first-order chi connectivity index (χ1) is 9.80. The second kappa shape index (κ2) is 7.26. The van der Waals surface area contributed by atoms with Crippen molar-refractivity contribution >= 4 is 23.1 Å². The van der Waals surface area contributed by atoms with E-state index in [1.54, 1.807) is 26.4 Å². The summed E-state index contributed by atoms with van der Waals surface area (Å²) in [5.41, 5.74) is 6.07. The molecule has 0 radical (unpaired) electrons. The predicted octanol–water partition coefficient (Wildman–Crippen LogP) is 1.67. The van der Waals surface area contributed by atoms with E-state index in [1.807, 2.05) is 19.9 Å². The maximum atomic E-state index is 12.0. The van der Waals surface area contributed by atoms with Gasteiger partial charge in [-0.2, -0.15) is 0 Å². The molecule has 0 bridgehead atoms. The summed E-state index contributed by atoms with van der Waals surface area (Å²) in [5, 5.41) is 2.84. The SMILES string of the molecule is COc1ccc(CC(=O)NCC(C)(C)C(N)=S)cc1OC. The number of benzene rings is 1. The van der Waals surface area contributed by atoms with Gasteiger partial charge < -0.3 is 20.5 Å². The van der Waals surface area contributed by atoms with Crippen LogP contribution in [-0.4, -0.2) is 31.7 Å². The highest BCUT2D eigenvalue weighted by molar-refractivity contribution is 7.80. The molecule has 1 amide bonds. The van der Waals surface area contributed by atoms with Gasteiger partial charge in [-0.05, 0) is 17.7 Å². The number of ether oxygens (including phenoxy) is 2. The number of rotatable bonds is 7. The lowest BCUT2D eigenvalue weighted by atomic mass is 9.93. The Morgan fingerprint density at radius 3 is 2.43 bits per heavy atom. The van der Waals surface area contributed by atoms with Crippen LogP contribution in [0.15, 0.2) is 18.2 Å². The highest BCUT2D eigenvalue weighted by Gasteiger charge is 2.22. The predicted molar refractivity (Wildman–Crippen MR) is 86.8 cm³/mol. The second-order valence-electron chi connectivity index (χ2n) is 5.39. The van der Waals surface area contributed by atoms with E-state index in [2.05, 4.69) is 5.32 Å². The summed E-state index contributed by atoms with van der Waals surface area (Å²) in [6, 6.07) is 5.40. The van der Waals surface area contributed by atoms with Gasteiger partial charge in [0.1, 0.15) is 0 Å². The number of hydrogen-bond acceptors (Lipinski definition) is 4. The molecule has 116 valence electrons. The lowest BCUT2D eigenvalue weighted by Crippen LogP contribution is -2.41. The molecule has 21 heavy (non-hydrogen) atoms. The van der Waals surface area contributed by atoms with Crippen molar-refractivity contribution in [2.45, 2.75) is 20.3 Å². The standard InChI is InChI=1S/C15H22N2O3S/c1-15(2,14(16)21)9-17-13(18)8-10-5-6-11(19-3)12(7-10)20-4/h5-7H,8-9H2,1-4H3,(H2,16,21)(H,17,18). The minimum absolute atomic E-state index is 0.0912. The maximum absolute atomic E-state index is 12.0. The molecule has 1 aromatic rings. The minimum Gasteiger partial charge on any atom is -0.493 e. The Morgan fingerprint density at radius 2 is 1.90 bits per heavy atom. The summed E-state index contributed by atoms with van der Waals surface area (Å²) in [6.07, 6.45) is 0.258. The van der Waals surface area contributed by atoms with Gasteiger partial charge in [-0.25, -0.2) is 0 Å². The molecule has 0 aliphatic carbocycles. The van der Waals surface area contributed by atoms with Crippen LogP contribution in [0, 0.1) is 5.41 Å². The third-order valence-electron chi connectivity index (χ3n) is 3.21. The van der Waals surface area contributed by atoms with Crippen molar-refractivity contribution in [2.24, 2.45) is 11.1 Å². The number of nitrogens with one attached hydrogen (secondary N) is 1. The fourth-order valence-electron chi connectivity index (χ4n) is 1.65. The van der Waals surface area contributed by atoms with Crippen molar-refractivity contribution in [3.05, 3.63) is 23.8 Å². The molecule has 0 fully saturated rings. The normalized spacial score (nSPS) is 10.9. The van der Waals surface area contributed by atoms with Crippen molar-refractivity contribution in [1.29, 1.82) is 0 Å². The monoisotopic (exact) mass is 310 g/mol. The largest absolute Gasteiger partial charge is 0.493 e. The van der Waals surface area contributed by atoms with Crippen molar-refractivity contribution in [3.63, 3.8) is 0 Å². The highest BCUT2D eigenvalue weighted by atomic mass is 32.1. The molecule has 1 rings (SSSR count). The summed E-state index contributed by atoms with van der Waals surface area (Å²) in [5.74, 6) is 1.15. The van der Waals surface area contributed by atoms with E-state index in [0.717, 1.165) is 5.56 Å². The number of thiocarbonyl (C=S) groups is 1. The lowest BCUT2D eigenvalue weighted by molar-refractivity contribution is -0.120. The first kappa shape index (κ1) is 17.2. The van der Waals surface area contributed by atoms with Gasteiger partial charge in [0.25, 0.3) is 0 Å². The van der Waals surface area contributed by atoms with Gasteiger partial charge in [0, 0.05) is 12.0 Å². The zero-order valence-electron chi connectivity index (χ0n) is 12.9. The van der Waals surface area contributed by atoms with Crippen molar-refractivity contribution < 1.29 is 14.3 Å². The molecule has 0 atom stereocenters. The number of amides is 1. The Bertz CT molecular complexity index is 530. The average molecular weight is 310 g/mol. The van der Waals surface area contributed by atoms with Gasteiger partial charge in [-0.15, -0.1) is 0 Å². The van der Waals surface area contributed by atoms with Crippen LogP contribution < -0.4 is 20.5 Å². The lowest BCUT2D eigenvalue weighted by Gasteiger charge is -2.23. The van der Waals surface area contributed by atoms with Crippen LogP contribution in [0.1, 0.15) is 19.4 Å². The fourth-order valence-corrected chi connectivity index (χ4v) is 1.72. The van der Waals surface area contributed by atoms with Crippen LogP contribution in [0.3, 0.4) is 0 Å². The first-order valence-electron chi connectivity index (χ1n) is 6.57. The van der Waals surface area contributed by atoms with E-state index in [4.69, 9.17) is 27.4 Å². The van der Waals surface area contributed by atoms with Gasteiger partial charge in [0.15, 0.2) is 11.5 Å². The van der Waals surface area contributed by atoms with Gasteiger partial charge in [-0.3, -0.25) is 4.79 Å². The molecule has 5 nitrogen and oxygen atoms in total. The Labute approximate surface area is 130 Å². The molecular formula is C15H22N2O3S. The molecule has 0 saturated carbocycles. The number of nitrogens with two attached hydrogens (primary N) is 1. The van der Waals surface area contributed by atoms with E-state index in [9.17, 15) is 4.79 Å². The Morgan fingerprint density at radius 1 is 1.29 bits per heavy atom. The number of carbonyl (C=O) groups is 1. The molecule has 0 aliphatic rings. The Hall–Kier alpha value is -1.82. The molecule has 0 aliphatic heterocycles. The summed E-state index contributed by atoms with van der Waals surface area (Å²) in [4.78, 5) is 12.4. The molecule has 0 aromatic heterocycles. The summed E-state index contributed by atoms with van der Waals surface area (Å²) in [7, 11) is 3.13. The molecule has 0 spiro atoms. The average Bonchev–Trinajstić information content (AvgIpc) is 2.45. The summed E-state index contributed by atoms with van der Waals surface area (Å²) < 4.78 is 10.4. The van der Waals surface area contributed by atoms with E-state index < -0.39 is 5.41 Å². The molecule has 3 N–H and O–H groups in total. The van der Waals surface area contributed by atoms with Gasteiger partial charge in [-0.1, -0.05) is 32.1 Å². The Kier molecular flexibility index (Phi) is 5.96. The van der Waals surface area contributed by atoms with Gasteiger partial charge in [0.05, 0.1) is 25.6 Å². The van der Waals surface area contributed by atoms with Crippen LogP contribution >= 0.6 is 12.2 Å². The van der Waals surface area contributed by atoms with Gasteiger partial charge in [0.2, 0.25) is 5.91 Å². The van der Waals surface area contributed by atoms with E-state index in [0.29, 0.717) is 23.0 Å². The minimum atomic E-state index is -0.400. The number of carbonyl (C=O) groups excluding carboxylic acids is 1. The fraction of sp³-hybridized carbons (Fsp3) is 0.467. The smallest absolute Gasteiger partial charge is 0.224 e. The summed E-state index contributed by atoms with van der Waals surface area (Å²) >= 11 is 4.97. The van der Waals surface area contributed by atoms with Crippen molar-refractivity contribution in [3.8, 4) is 11.5 Å². The second-order valence-corrected chi connectivity index (χ2v) is 5.83. The third kappa shape index (κ3) is 4.90. The highest BCUT2D eigenvalue weighted by Crippen LogP contribution is 2.27. The van der Waals surface area contributed by atoms with E-state index in [1.165, 1.54) is 0 Å². The van der Waals surface area contributed by atoms with Crippen LogP contribution in [0.25, 0.3) is 0 Å². The van der Waals surface area contributed by atoms with Crippen molar-refractivity contribution in [2.75, 3.05) is 20.8 Å². The summed E-state index contributed by atoms with van der Waals surface area (Å²) in [6.45, 7) is 4.20. The van der Waals surface area contributed by atoms with Crippen LogP contribution in [0.2, 0.25) is 0 Å². The number of methoxy groups -OCH3 is 2. The topological polar surface area (TPSA) is 73.6 Å².